The van der Waals surface area contributed by atoms with Gasteiger partial charge in [-0.25, -0.2) is 0 Å². The van der Waals surface area contributed by atoms with Crippen LogP contribution in [0.4, 0.5) is 14.5 Å². The van der Waals surface area contributed by atoms with Gasteiger partial charge in [-0.2, -0.15) is 8.78 Å². The lowest BCUT2D eigenvalue weighted by molar-refractivity contribution is -0.137. The number of halogens is 2. The van der Waals surface area contributed by atoms with E-state index in [1.54, 1.807) is 30.3 Å². The molecule has 0 atom stereocenters. The molecule has 0 spiro atoms. The number of hydrogen-bond acceptors (Lipinski definition) is 4. The van der Waals surface area contributed by atoms with Crippen LogP contribution in [0.15, 0.2) is 84.0 Å². The normalized spacial score (nSPS) is 11.4. The second-order valence-corrected chi connectivity index (χ2v) is 6.82. The third-order valence-corrected chi connectivity index (χ3v) is 4.55. The number of carboxylic acid groups (broad SMARTS) is 1. The standard InChI is InChI=1S/C24H22F2N2O3/c25-24(26)31-28-23(19-6-2-1-3-7-19)20-8-4-5-18(15-20)16-27-21-12-9-17(10-13-21)11-14-22(29)30/h1-10,12-13,15,24,27H,11,14,16H2,(H,29,30). The van der Waals surface area contributed by atoms with E-state index in [-0.39, 0.29) is 6.42 Å². The fourth-order valence-electron chi connectivity index (χ4n) is 3.03. The van der Waals surface area contributed by atoms with Crippen molar-refractivity contribution in [1.29, 1.82) is 0 Å². The number of aryl methyl sites for hydroxylation is 1. The highest BCUT2D eigenvalue weighted by Crippen LogP contribution is 2.17. The number of aliphatic carboxylic acids is 1. The Labute approximate surface area is 179 Å². The van der Waals surface area contributed by atoms with Gasteiger partial charge in [-0.3, -0.25) is 4.79 Å². The summed E-state index contributed by atoms with van der Waals surface area (Å²) in [4.78, 5) is 14.9. The molecule has 0 radical (unpaired) electrons. The SMILES string of the molecule is O=C(O)CCc1ccc(NCc2cccc(C(=NOC(F)F)c3ccccc3)c2)cc1. The molecule has 0 fully saturated rings. The van der Waals surface area contributed by atoms with E-state index >= 15 is 0 Å². The van der Waals surface area contributed by atoms with E-state index in [4.69, 9.17) is 5.11 Å². The van der Waals surface area contributed by atoms with Gasteiger partial charge >= 0.3 is 12.6 Å². The first-order valence-corrected chi connectivity index (χ1v) is 9.72. The van der Waals surface area contributed by atoms with Gasteiger partial charge in [0.05, 0.1) is 0 Å². The number of carbonyl (C=O) groups is 1. The largest absolute Gasteiger partial charge is 0.481 e. The molecule has 0 heterocycles. The first kappa shape index (κ1) is 22.0. The Bertz CT molecular complexity index is 1020. The number of hydrogen-bond donors (Lipinski definition) is 2. The minimum Gasteiger partial charge on any atom is -0.481 e. The highest BCUT2D eigenvalue weighted by molar-refractivity contribution is 6.12. The van der Waals surface area contributed by atoms with E-state index in [0.29, 0.717) is 29.8 Å². The molecule has 0 unspecified atom stereocenters. The maximum atomic E-state index is 12.6. The summed E-state index contributed by atoms with van der Waals surface area (Å²) < 4.78 is 25.1. The molecule has 3 rings (SSSR count). The zero-order valence-electron chi connectivity index (χ0n) is 16.7. The third-order valence-electron chi connectivity index (χ3n) is 4.55. The topological polar surface area (TPSA) is 70.9 Å². The molecule has 0 bridgehead atoms. The number of nitrogens with one attached hydrogen (secondary N) is 1. The highest BCUT2D eigenvalue weighted by atomic mass is 19.3. The molecule has 0 aliphatic rings. The number of alkyl halides is 2. The van der Waals surface area contributed by atoms with Crippen LogP contribution in [0.5, 0.6) is 0 Å². The van der Waals surface area contributed by atoms with Crippen molar-refractivity contribution in [2.45, 2.75) is 26.0 Å². The molecule has 0 saturated heterocycles. The van der Waals surface area contributed by atoms with Crippen LogP contribution in [-0.2, 0) is 22.6 Å². The Balaban J connectivity index is 1.71. The summed E-state index contributed by atoms with van der Waals surface area (Å²) >= 11 is 0. The number of benzene rings is 3. The Morgan fingerprint density at radius 1 is 0.935 bits per heavy atom. The average molecular weight is 424 g/mol. The number of oxime groups is 1. The minimum atomic E-state index is -3.00. The highest BCUT2D eigenvalue weighted by Gasteiger charge is 2.11. The monoisotopic (exact) mass is 424 g/mol. The molecule has 0 amide bonds. The maximum absolute atomic E-state index is 12.6. The number of nitrogens with zero attached hydrogens (tertiary/aromatic N) is 1. The smallest absolute Gasteiger partial charge is 0.407 e. The molecule has 31 heavy (non-hydrogen) atoms. The van der Waals surface area contributed by atoms with Crippen molar-refractivity contribution in [1.82, 2.24) is 0 Å². The van der Waals surface area contributed by atoms with Gasteiger partial charge in [-0.1, -0.05) is 65.8 Å². The Hall–Kier alpha value is -3.74. The maximum Gasteiger partial charge on any atom is 0.407 e. The lowest BCUT2D eigenvalue weighted by atomic mass is 10.0. The van der Waals surface area contributed by atoms with Crippen molar-refractivity contribution in [3.63, 3.8) is 0 Å². The van der Waals surface area contributed by atoms with E-state index in [0.717, 1.165) is 16.8 Å². The summed E-state index contributed by atoms with van der Waals surface area (Å²) in [6.07, 6.45) is 0.583. The van der Waals surface area contributed by atoms with Crippen LogP contribution >= 0.6 is 0 Å². The summed E-state index contributed by atoms with van der Waals surface area (Å²) in [6, 6.07) is 24.0. The van der Waals surface area contributed by atoms with Gasteiger partial charge in [0.2, 0.25) is 0 Å². The molecule has 5 nitrogen and oxygen atoms in total. The van der Waals surface area contributed by atoms with Crippen molar-refractivity contribution < 1.29 is 23.5 Å². The molecule has 7 heteroatoms. The molecule has 0 aliphatic carbocycles. The van der Waals surface area contributed by atoms with Crippen molar-refractivity contribution in [3.8, 4) is 0 Å². The summed E-state index contributed by atoms with van der Waals surface area (Å²) in [6.45, 7) is -2.48. The van der Waals surface area contributed by atoms with E-state index in [9.17, 15) is 13.6 Å². The van der Waals surface area contributed by atoms with Crippen molar-refractivity contribution in [2.75, 3.05) is 5.32 Å². The van der Waals surface area contributed by atoms with Gasteiger partial charge in [-0.05, 0) is 35.7 Å². The predicted octanol–water partition coefficient (Wildman–Crippen LogP) is 5.31. The van der Waals surface area contributed by atoms with Crippen LogP contribution in [0, 0.1) is 0 Å². The second kappa shape index (κ2) is 10.9. The molecule has 160 valence electrons. The summed E-state index contributed by atoms with van der Waals surface area (Å²) in [5.41, 5.74) is 4.44. The van der Waals surface area contributed by atoms with Crippen LogP contribution in [0.25, 0.3) is 0 Å². The number of rotatable bonds is 10. The summed E-state index contributed by atoms with van der Waals surface area (Å²) in [5.74, 6) is -0.820. The molecule has 0 saturated carbocycles. The number of carboxylic acids is 1. The summed E-state index contributed by atoms with van der Waals surface area (Å²) in [5, 5.41) is 15.7. The van der Waals surface area contributed by atoms with E-state index in [1.807, 2.05) is 48.5 Å². The Kier molecular flexibility index (Phi) is 7.70. The molecule has 0 aliphatic heterocycles. The summed E-state index contributed by atoms with van der Waals surface area (Å²) in [7, 11) is 0. The molecule has 3 aromatic carbocycles. The average Bonchev–Trinajstić information content (AvgIpc) is 2.78. The van der Waals surface area contributed by atoms with Gasteiger partial charge in [-0.15, -0.1) is 0 Å². The van der Waals surface area contributed by atoms with E-state index < -0.39 is 12.6 Å². The van der Waals surface area contributed by atoms with E-state index in [2.05, 4.69) is 15.3 Å². The lowest BCUT2D eigenvalue weighted by Gasteiger charge is -2.11. The van der Waals surface area contributed by atoms with Crippen LogP contribution in [0.2, 0.25) is 0 Å². The van der Waals surface area contributed by atoms with Crippen molar-refractivity contribution in [2.24, 2.45) is 5.16 Å². The quantitative estimate of drug-likeness (QED) is 0.342. The Morgan fingerprint density at radius 2 is 1.65 bits per heavy atom. The molecule has 2 N–H and O–H groups in total. The van der Waals surface area contributed by atoms with Gasteiger partial charge in [0.1, 0.15) is 5.71 Å². The molecular weight excluding hydrogens is 402 g/mol. The van der Waals surface area contributed by atoms with Crippen LogP contribution in [0.1, 0.15) is 28.7 Å². The van der Waals surface area contributed by atoms with Gasteiger partial charge in [0.25, 0.3) is 0 Å². The minimum absolute atomic E-state index is 0.0974. The van der Waals surface area contributed by atoms with Crippen molar-refractivity contribution in [3.05, 3.63) is 101 Å². The second-order valence-electron chi connectivity index (χ2n) is 6.82. The van der Waals surface area contributed by atoms with Crippen molar-refractivity contribution >= 4 is 17.4 Å². The van der Waals surface area contributed by atoms with Gasteiger partial charge < -0.3 is 15.3 Å². The molecule has 3 aromatic rings. The fraction of sp³-hybridized carbons (Fsp3) is 0.167. The molecule has 0 aromatic heterocycles. The van der Waals surface area contributed by atoms with Crippen LogP contribution in [0.3, 0.4) is 0 Å². The third kappa shape index (κ3) is 6.92. The first-order chi connectivity index (χ1) is 15.0. The fourth-order valence-corrected chi connectivity index (χ4v) is 3.03. The predicted molar refractivity (Wildman–Crippen MR) is 115 cm³/mol. The van der Waals surface area contributed by atoms with Crippen LogP contribution in [-0.4, -0.2) is 23.4 Å². The van der Waals surface area contributed by atoms with E-state index in [1.165, 1.54) is 0 Å². The molecular formula is C24H22F2N2O3. The zero-order valence-corrected chi connectivity index (χ0v) is 16.7. The first-order valence-electron chi connectivity index (χ1n) is 9.72. The van der Waals surface area contributed by atoms with Crippen LogP contribution < -0.4 is 5.32 Å². The van der Waals surface area contributed by atoms with Gasteiger partial charge in [0.15, 0.2) is 0 Å². The lowest BCUT2D eigenvalue weighted by Crippen LogP contribution is -2.07. The number of anilines is 1. The zero-order chi connectivity index (χ0) is 22.1. The van der Waals surface area contributed by atoms with Gasteiger partial charge in [0, 0.05) is 29.8 Å². The Morgan fingerprint density at radius 3 is 2.32 bits per heavy atom.